The molecule has 2 rings (SSSR count). The van der Waals surface area contributed by atoms with Crippen molar-refractivity contribution in [3.8, 4) is 0 Å². The second kappa shape index (κ2) is 7.28. The third-order valence-corrected chi connectivity index (χ3v) is 4.65. The summed E-state index contributed by atoms with van der Waals surface area (Å²) in [5.41, 5.74) is 3.26. The topological polar surface area (TPSA) is 41.1 Å². The molecule has 0 bridgehead atoms. The Morgan fingerprint density at radius 2 is 2.10 bits per heavy atom. The van der Waals surface area contributed by atoms with E-state index in [4.69, 9.17) is 0 Å². The van der Waals surface area contributed by atoms with Crippen molar-refractivity contribution in [2.24, 2.45) is 5.41 Å². The van der Waals surface area contributed by atoms with Gasteiger partial charge in [0.2, 0.25) is 0 Å². The van der Waals surface area contributed by atoms with Gasteiger partial charge in [-0.25, -0.2) is 0 Å². The van der Waals surface area contributed by atoms with Crippen LogP contribution in [0, 0.1) is 19.3 Å². The van der Waals surface area contributed by atoms with Gasteiger partial charge in [0.1, 0.15) is 0 Å². The highest BCUT2D eigenvalue weighted by atomic mass is 35.5. The molecule has 21 heavy (non-hydrogen) atoms. The van der Waals surface area contributed by atoms with Crippen LogP contribution in [0.5, 0.6) is 0 Å². The van der Waals surface area contributed by atoms with Crippen LogP contribution >= 0.6 is 12.4 Å². The number of hydrogen-bond acceptors (Lipinski definition) is 2. The van der Waals surface area contributed by atoms with E-state index in [0.717, 1.165) is 23.2 Å². The molecule has 1 saturated heterocycles. The summed E-state index contributed by atoms with van der Waals surface area (Å²) >= 11 is 0. The second-order valence-corrected chi connectivity index (χ2v) is 6.56. The Balaban J connectivity index is 0.00000220. The van der Waals surface area contributed by atoms with Crippen LogP contribution < -0.4 is 10.6 Å². The van der Waals surface area contributed by atoms with E-state index in [9.17, 15) is 4.79 Å². The van der Waals surface area contributed by atoms with Crippen molar-refractivity contribution in [1.82, 2.24) is 10.6 Å². The molecule has 1 heterocycles. The summed E-state index contributed by atoms with van der Waals surface area (Å²) in [7, 11) is 0. The molecule has 0 aromatic heterocycles. The molecule has 1 fully saturated rings. The van der Waals surface area contributed by atoms with Crippen LogP contribution in [0.2, 0.25) is 0 Å². The van der Waals surface area contributed by atoms with Crippen molar-refractivity contribution < 1.29 is 4.79 Å². The van der Waals surface area contributed by atoms with Crippen LogP contribution in [0.3, 0.4) is 0 Å². The van der Waals surface area contributed by atoms with E-state index in [-0.39, 0.29) is 23.7 Å². The molecule has 1 aliphatic rings. The number of benzene rings is 1. The summed E-state index contributed by atoms with van der Waals surface area (Å²) in [6.07, 6.45) is 2.43. The number of carbonyl (C=O) groups excluding carboxylic acids is 1. The fourth-order valence-corrected chi connectivity index (χ4v) is 2.91. The number of carbonyl (C=O) groups is 1. The summed E-state index contributed by atoms with van der Waals surface area (Å²) < 4.78 is 0. The minimum absolute atomic E-state index is 0. The highest BCUT2D eigenvalue weighted by Gasteiger charge is 2.32. The fraction of sp³-hybridized carbons (Fsp3) is 0.588. The van der Waals surface area contributed by atoms with Gasteiger partial charge in [-0.2, -0.15) is 0 Å². The van der Waals surface area contributed by atoms with Gasteiger partial charge >= 0.3 is 0 Å². The molecule has 0 aliphatic carbocycles. The van der Waals surface area contributed by atoms with Gasteiger partial charge in [0, 0.05) is 18.2 Å². The van der Waals surface area contributed by atoms with Gasteiger partial charge < -0.3 is 10.6 Å². The molecule has 4 heteroatoms. The second-order valence-electron chi connectivity index (χ2n) is 6.56. The minimum Gasteiger partial charge on any atom is -0.350 e. The minimum atomic E-state index is 0. The van der Waals surface area contributed by atoms with E-state index in [1.54, 1.807) is 0 Å². The van der Waals surface area contributed by atoms with Crippen molar-refractivity contribution in [3.05, 3.63) is 34.9 Å². The molecular weight excluding hydrogens is 284 g/mol. The lowest BCUT2D eigenvalue weighted by molar-refractivity contribution is 0.0928. The first kappa shape index (κ1) is 18.0. The number of amides is 1. The molecule has 2 N–H and O–H groups in total. The fourth-order valence-electron chi connectivity index (χ4n) is 2.91. The van der Waals surface area contributed by atoms with Gasteiger partial charge in [0.25, 0.3) is 5.91 Å². The Morgan fingerprint density at radius 1 is 1.38 bits per heavy atom. The van der Waals surface area contributed by atoms with Crippen LogP contribution in [-0.4, -0.2) is 25.0 Å². The van der Waals surface area contributed by atoms with E-state index in [1.165, 1.54) is 12.8 Å². The Bertz CT molecular complexity index is 500. The number of piperidine rings is 1. The lowest BCUT2D eigenvalue weighted by atomic mass is 9.77. The van der Waals surface area contributed by atoms with E-state index >= 15 is 0 Å². The van der Waals surface area contributed by atoms with Gasteiger partial charge in [0.05, 0.1) is 0 Å². The van der Waals surface area contributed by atoms with E-state index in [2.05, 4.69) is 24.5 Å². The maximum absolute atomic E-state index is 12.3. The highest BCUT2D eigenvalue weighted by molar-refractivity contribution is 5.95. The van der Waals surface area contributed by atoms with Gasteiger partial charge in [-0.3, -0.25) is 4.79 Å². The van der Waals surface area contributed by atoms with Crippen molar-refractivity contribution in [1.29, 1.82) is 0 Å². The van der Waals surface area contributed by atoms with E-state index < -0.39 is 0 Å². The average molecular weight is 311 g/mol. The predicted molar refractivity (Wildman–Crippen MR) is 90.3 cm³/mol. The molecule has 0 spiro atoms. The maximum Gasteiger partial charge on any atom is 0.251 e. The summed E-state index contributed by atoms with van der Waals surface area (Å²) in [5.74, 6) is 0.0365. The number of hydrogen-bond donors (Lipinski definition) is 2. The lowest BCUT2D eigenvalue weighted by Gasteiger charge is -2.39. The van der Waals surface area contributed by atoms with E-state index in [1.807, 2.05) is 32.0 Å². The van der Waals surface area contributed by atoms with Gasteiger partial charge in [-0.1, -0.05) is 26.0 Å². The van der Waals surface area contributed by atoms with Gasteiger partial charge in [-0.05, 0) is 55.8 Å². The number of halogens is 1. The third kappa shape index (κ3) is 4.21. The number of rotatable bonds is 3. The van der Waals surface area contributed by atoms with Crippen LogP contribution in [0.4, 0.5) is 0 Å². The molecule has 118 valence electrons. The summed E-state index contributed by atoms with van der Waals surface area (Å²) in [5, 5.41) is 6.62. The SMILES string of the molecule is Cc1cccc(C(=O)NCC2NCCCC2(C)C)c1C.Cl. The molecule has 0 saturated carbocycles. The molecule has 3 nitrogen and oxygen atoms in total. The molecule has 1 aromatic carbocycles. The molecule has 0 radical (unpaired) electrons. The quantitative estimate of drug-likeness (QED) is 0.900. The Kier molecular flexibility index (Phi) is 6.24. The van der Waals surface area contributed by atoms with Crippen molar-refractivity contribution in [2.45, 2.75) is 46.6 Å². The molecule has 1 amide bonds. The third-order valence-electron chi connectivity index (χ3n) is 4.65. The summed E-state index contributed by atoms with van der Waals surface area (Å²) in [6.45, 7) is 10.3. The zero-order valence-corrected chi connectivity index (χ0v) is 14.3. The number of aryl methyl sites for hydroxylation is 1. The van der Waals surface area contributed by atoms with Crippen LogP contribution in [-0.2, 0) is 0 Å². The maximum atomic E-state index is 12.3. The predicted octanol–water partition coefficient (Wildman–Crippen LogP) is 3.23. The zero-order valence-electron chi connectivity index (χ0n) is 13.5. The largest absolute Gasteiger partial charge is 0.350 e. The van der Waals surface area contributed by atoms with Crippen LogP contribution in [0.15, 0.2) is 18.2 Å². The van der Waals surface area contributed by atoms with Gasteiger partial charge in [0.15, 0.2) is 0 Å². The molecule has 1 unspecified atom stereocenters. The average Bonchev–Trinajstić information content (AvgIpc) is 2.40. The Labute approximate surface area is 134 Å². The van der Waals surface area contributed by atoms with Gasteiger partial charge in [-0.15, -0.1) is 12.4 Å². The van der Waals surface area contributed by atoms with E-state index in [0.29, 0.717) is 12.6 Å². The van der Waals surface area contributed by atoms with Crippen molar-refractivity contribution >= 4 is 18.3 Å². The van der Waals surface area contributed by atoms with Crippen molar-refractivity contribution in [3.63, 3.8) is 0 Å². The first-order chi connectivity index (χ1) is 9.42. The monoisotopic (exact) mass is 310 g/mol. The lowest BCUT2D eigenvalue weighted by Crippen LogP contribution is -2.52. The Morgan fingerprint density at radius 3 is 2.76 bits per heavy atom. The smallest absolute Gasteiger partial charge is 0.251 e. The Hall–Kier alpha value is -1.06. The van der Waals surface area contributed by atoms with Crippen LogP contribution in [0.1, 0.15) is 48.2 Å². The van der Waals surface area contributed by atoms with Crippen LogP contribution in [0.25, 0.3) is 0 Å². The first-order valence-electron chi connectivity index (χ1n) is 7.49. The summed E-state index contributed by atoms with van der Waals surface area (Å²) in [6, 6.07) is 6.24. The highest BCUT2D eigenvalue weighted by Crippen LogP contribution is 2.29. The molecule has 1 aliphatic heterocycles. The standard InChI is InChI=1S/C17H26N2O.ClH/c1-12-7-5-8-14(13(12)2)16(20)19-11-15-17(3,4)9-6-10-18-15;/h5,7-8,15,18H,6,9-11H2,1-4H3,(H,19,20);1H. The number of nitrogens with one attached hydrogen (secondary N) is 2. The normalized spacial score (nSPS) is 20.5. The molecule has 1 atom stereocenters. The van der Waals surface area contributed by atoms with Crippen molar-refractivity contribution in [2.75, 3.05) is 13.1 Å². The summed E-state index contributed by atoms with van der Waals surface area (Å²) in [4.78, 5) is 12.3. The molecular formula is C17H27ClN2O. The molecule has 1 aromatic rings. The zero-order chi connectivity index (χ0) is 14.8. The first-order valence-corrected chi connectivity index (χ1v) is 7.49.